The number of hydrogen-bond donors (Lipinski definition) is 2. The van der Waals surface area contributed by atoms with Gasteiger partial charge >= 0.3 is 12.0 Å². The van der Waals surface area contributed by atoms with Crippen LogP contribution in [0.3, 0.4) is 0 Å². The number of benzene rings is 1. The first-order valence-corrected chi connectivity index (χ1v) is 11.2. The lowest BCUT2D eigenvalue weighted by Gasteiger charge is -2.39. The van der Waals surface area contributed by atoms with E-state index in [9.17, 15) is 9.59 Å². The van der Waals surface area contributed by atoms with Gasteiger partial charge in [0.05, 0.1) is 38.0 Å². The minimum Gasteiger partial charge on any atom is -0.494 e. The molecule has 0 unspecified atom stereocenters. The van der Waals surface area contributed by atoms with E-state index in [1.54, 1.807) is 6.92 Å². The van der Waals surface area contributed by atoms with Crippen molar-refractivity contribution in [3.05, 3.63) is 41.1 Å². The number of nitrogens with one attached hydrogen (secondary N) is 2. The number of carbonyl (C=O) groups excluding carboxylic acids is 2. The summed E-state index contributed by atoms with van der Waals surface area (Å²) < 4.78 is 22.5. The summed E-state index contributed by atoms with van der Waals surface area (Å²) in [5, 5.41) is 5.72. The summed E-state index contributed by atoms with van der Waals surface area (Å²) in [7, 11) is 0. The van der Waals surface area contributed by atoms with Gasteiger partial charge in [0, 0.05) is 38.2 Å². The number of ether oxygens (including phenoxy) is 4. The van der Waals surface area contributed by atoms with Gasteiger partial charge in [0.25, 0.3) is 0 Å². The average molecular weight is 446 g/mol. The van der Waals surface area contributed by atoms with Crippen LogP contribution in [0.1, 0.15) is 38.3 Å². The van der Waals surface area contributed by atoms with E-state index in [-0.39, 0.29) is 12.6 Å². The van der Waals surface area contributed by atoms with Gasteiger partial charge in [-0.1, -0.05) is 12.1 Å². The van der Waals surface area contributed by atoms with Crippen LogP contribution in [0.25, 0.3) is 0 Å². The number of piperidine rings is 1. The van der Waals surface area contributed by atoms with Crippen LogP contribution < -0.4 is 15.4 Å². The Labute approximate surface area is 188 Å². The van der Waals surface area contributed by atoms with Crippen LogP contribution in [0.15, 0.2) is 35.5 Å². The Hall–Kier alpha value is -2.62. The molecule has 3 aliphatic heterocycles. The number of esters is 1. The molecule has 0 bridgehead atoms. The van der Waals surface area contributed by atoms with E-state index in [2.05, 4.69) is 15.5 Å². The Morgan fingerprint density at radius 3 is 2.44 bits per heavy atom. The smallest absolute Gasteiger partial charge is 0.338 e. The second-order valence-corrected chi connectivity index (χ2v) is 8.03. The summed E-state index contributed by atoms with van der Waals surface area (Å²) >= 11 is 0. The highest BCUT2D eigenvalue weighted by Gasteiger charge is 2.41. The first-order valence-electron chi connectivity index (χ1n) is 11.2. The molecule has 3 aliphatic rings. The van der Waals surface area contributed by atoms with Gasteiger partial charge in [-0.25, -0.2) is 9.59 Å². The van der Waals surface area contributed by atoms with E-state index >= 15 is 0 Å². The second kappa shape index (κ2) is 9.89. The molecular formula is C23H31N3O6. The molecule has 0 aliphatic carbocycles. The minimum atomic E-state index is -0.605. The third-order valence-electron chi connectivity index (χ3n) is 5.99. The highest BCUT2D eigenvalue weighted by molar-refractivity contribution is 5.95. The Bertz CT molecular complexity index is 853. The first-order chi connectivity index (χ1) is 15.5. The van der Waals surface area contributed by atoms with Gasteiger partial charge in [-0.15, -0.1) is 0 Å². The van der Waals surface area contributed by atoms with Crippen LogP contribution in [0.4, 0.5) is 4.79 Å². The number of rotatable bonds is 7. The molecule has 1 spiro atoms. The number of likely N-dealkylation sites (tertiary alicyclic amines) is 1. The van der Waals surface area contributed by atoms with Crippen molar-refractivity contribution in [2.45, 2.75) is 38.5 Å². The van der Waals surface area contributed by atoms with Crippen molar-refractivity contribution in [3.8, 4) is 5.75 Å². The average Bonchev–Trinajstić information content (AvgIpc) is 3.24. The van der Waals surface area contributed by atoms with Crippen molar-refractivity contribution >= 4 is 12.0 Å². The monoisotopic (exact) mass is 445 g/mol. The summed E-state index contributed by atoms with van der Waals surface area (Å²) in [6, 6.07) is 6.44. The molecule has 32 heavy (non-hydrogen) atoms. The molecular weight excluding hydrogens is 414 g/mol. The number of nitrogens with zero attached hydrogens (tertiary/aromatic N) is 1. The van der Waals surface area contributed by atoms with E-state index < -0.39 is 17.8 Å². The van der Waals surface area contributed by atoms with E-state index in [1.165, 1.54) is 0 Å². The van der Waals surface area contributed by atoms with Crippen molar-refractivity contribution in [1.82, 2.24) is 15.5 Å². The van der Waals surface area contributed by atoms with Gasteiger partial charge in [-0.05, 0) is 31.5 Å². The van der Waals surface area contributed by atoms with Gasteiger partial charge < -0.3 is 29.6 Å². The van der Waals surface area contributed by atoms with E-state index in [4.69, 9.17) is 18.9 Å². The summed E-state index contributed by atoms with van der Waals surface area (Å²) in [5.74, 6) is -0.182. The van der Waals surface area contributed by atoms with Crippen molar-refractivity contribution in [1.29, 1.82) is 0 Å². The zero-order chi connectivity index (χ0) is 22.6. The minimum absolute atomic E-state index is 0.250. The lowest BCUT2D eigenvalue weighted by atomic mass is 9.94. The van der Waals surface area contributed by atoms with Gasteiger partial charge in [0.15, 0.2) is 5.79 Å². The molecule has 1 aromatic rings. The van der Waals surface area contributed by atoms with Gasteiger partial charge in [-0.2, -0.15) is 0 Å². The second-order valence-electron chi connectivity index (χ2n) is 8.03. The van der Waals surface area contributed by atoms with Crippen LogP contribution in [0.2, 0.25) is 0 Å². The lowest BCUT2D eigenvalue weighted by Crippen LogP contribution is -2.51. The normalized spacial score (nSPS) is 23.1. The van der Waals surface area contributed by atoms with E-state index in [0.717, 1.165) is 37.2 Å². The SMILES string of the molecule is CCOC(=O)C1=C(CN2CCC3(CC2)OCCO3)NC(=O)N[C@H]1c1ccc(OCC)cc1. The highest BCUT2D eigenvalue weighted by atomic mass is 16.7. The molecule has 1 aromatic carbocycles. The number of urea groups is 1. The molecule has 0 saturated carbocycles. The van der Waals surface area contributed by atoms with Crippen LogP contribution in [0, 0.1) is 0 Å². The molecule has 0 radical (unpaired) electrons. The van der Waals surface area contributed by atoms with E-state index in [1.807, 2.05) is 31.2 Å². The topological polar surface area (TPSA) is 98.4 Å². The molecule has 4 rings (SSSR count). The summed E-state index contributed by atoms with van der Waals surface area (Å²) in [5.41, 5.74) is 1.77. The predicted octanol–water partition coefficient (Wildman–Crippen LogP) is 2.10. The predicted molar refractivity (Wildman–Crippen MR) is 116 cm³/mol. The quantitative estimate of drug-likeness (QED) is 0.620. The molecule has 0 aromatic heterocycles. The maximum Gasteiger partial charge on any atom is 0.338 e. The fraction of sp³-hybridized carbons (Fsp3) is 0.565. The maximum atomic E-state index is 13.0. The molecule has 9 heteroatoms. The zero-order valence-electron chi connectivity index (χ0n) is 18.6. The summed E-state index contributed by atoms with van der Waals surface area (Å²) in [6.07, 6.45) is 1.51. The summed E-state index contributed by atoms with van der Waals surface area (Å²) in [4.78, 5) is 27.7. The number of hydrogen-bond acceptors (Lipinski definition) is 7. The van der Waals surface area contributed by atoms with Crippen LogP contribution >= 0.6 is 0 Å². The molecule has 1 atom stereocenters. The fourth-order valence-electron chi connectivity index (χ4n) is 4.43. The van der Waals surface area contributed by atoms with Gasteiger partial charge in [0.1, 0.15) is 5.75 Å². The molecule has 2 fully saturated rings. The molecule has 2 saturated heterocycles. The van der Waals surface area contributed by atoms with Gasteiger partial charge in [0.2, 0.25) is 0 Å². The van der Waals surface area contributed by atoms with E-state index in [0.29, 0.717) is 37.6 Å². The molecule has 2 amide bonds. The van der Waals surface area contributed by atoms with Crippen molar-refractivity contribution in [3.63, 3.8) is 0 Å². The van der Waals surface area contributed by atoms with Crippen molar-refractivity contribution < 1.29 is 28.5 Å². The fourth-order valence-corrected chi connectivity index (χ4v) is 4.43. The molecule has 9 nitrogen and oxygen atoms in total. The third-order valence-corrected chi connectivity index (χ3v) is 5.99. The Kier molecular flexibility index (Phi) is 6.98. The molecule has 2 N–H and O–H groups in total. The van der Waals surface area contributed by atoms with Crippen molar-refractivity contribution in [2.75, 3.05) is 46.1 Å². The largest absolute Gasteiger partial charge is 0.494 e. The standard InChI is InChI=1S/C23H31N3O6/c1-3-29-17-7-5-16(6-8-17)20-19(21(27)30-4-2)18(24-22(28)25-20)15-26-11-9-23(10-12-26)31-13-14-32-23/h5-8,20H,3-4,9-15H2,1-2H3,(H2,24,25,28)/t20-/m0/s1. The number of carbonyl (C=O) groups is 2. The van der Waals surface area contributed by atoms with Crippen LogP contribution in [0.5, 0.6) is 5.75 Å². The van der Waals surface area contributed by atoms with Crippen molar-refractivity contribution in [2.24, 2.45) is 0 Å². The lowest BCUT2D eigenvalue weighted by molar-refractivity contribution is -0.184. The van der Waals surface area contributed by atoms with Crippen LogP contribution in [-0.2, 0) is 19.0 Å². The third kappa shape index (κ3) is 4.90. The Morgan fingerprint density at radius 1 is 1.12 bits per heavy atom. The molecule has 3 heterocycles. The zero-order valence-corrected chi connectivity index (χ0v) is 18.6. The maximum absolute atomic E-state index is 13.0. The first kappa shape index (κ1) is 22.6. The Morgan fingerprint density at radius 2 is 1.81 bits per heavy atom. The molecule has 174 valence electrons. The summed E-state index contributed by atoms with van der Waals surface area (Å²) in [6.45, 7) is 7.69. The van der Waals surface area contributed by atoms with Gasteiger partial charge in [-0.3, -0.25) is 4.90 Å². The number of amides is 2. The Balaban J connectivity index is 1.58. The van der Waals surface area contributed by atoms with Crippen LogP contribution in [-0.4, -0.2) is 68.7 Å². The highest BCUT2D eigenvalue weighted by Crippen LogP contribution is 2.33.